The van der Waals surface area contributed by atoms with Gasteiger partial charge in [-0.15, -0.1) is 11.3 Å². The number of benzene rings is 1. The Hall–Kier alpha value is -2.54. The molecule has 0 bridgehead atoms. The zero-order valence-corrected chi connectivity index (χ0v) is 13.0. The molecule has 2 heterocycles. The maximum atomic E-state index is 12.2. The van der Waals surface area contributed by atoms with Gasteiger partial charge in [0.2, 0.25) is 0 Å². The van der Waals surface area contributed by atoms with E-state index >= 15 is 0 Å². The van der Waals surface area contributed by atoms with Crippen molar-refractivity contribution in [2.24, 2.45) is 0 Å². The van der Waals surface area contributed by atoms with Crippen LogP contribution in [-0.4, -0.2) is 20.7 Å². The van der Waals surface area contributed by atoms with Crippen LogP contribution in [0.25, 0.3) is 10.2 Å². The summed E-state index contributed by atoms with van der Waals surface area (Å²) in [4.78, 5) is 28.1. The molecule has 0 radical (unpaired) electrons. The van der Waals surface area contributed by atoms with Crippen molar-refractivity contribution < 1.29 is 4.79 Å². The number of hydrogen-bond donors (Lipinski definition) is 1. The first-order chi connectivity index (χ1) is 10.6. The van der Waals surface area contributed by atoms with Gasteiger partial charge in [-0.2, -0.15) is 5.10 Å². The van der Waals surface area contributed by atoms with E-state index in [4.69, 9.17) is 0 Å². The summed E-state index contributed by atoms with van der Waals surface area (Å²) >= 11 is 1.61. The van der Waals surface area contributed by atoms with E-state index in [2.05, 4.69) is 15.4 Å². The minimum absolute atomic E-state index is 0.205. The van der Waals surface area contributed by atoms with Crippen LogP contribution in [0, 0.1) is 6.92 Å². The molecule has 3 aromatic rings. The lowest BCUT2D eigenvalue weighted by Crippen LogP contribution is -2.25. The van der Waals surface area contributed by atoms with Crippen molar-refractivity contribution in [1.82, 2.24) is 14.8 Å². The number of aromatic nitrogens is 3. The van der Waals surface area contributed by atoms with Crippen molar-refractivity contribution in [3.63, 3.8) is 0 Å². The highest BCUT2D eigenvalue weighted by molar-refractivity contribution is 7.18. The largest absolute Gasteiger partial charge is 0.321 e. The number of anilines is 1. The van der Waals surface area contributed by atoms with Crippen molar-refractivity contribution in [1.29, 1.82) is 0 Å². The molecule has 0 atom stereocenters. The van der Waals surface area contributed by atoms with Gasteiger partial charge in [0, 0.05) is 18.3 Å². The van der Waals surface area contributed by atoms with Crippen molar-refractivity contribution >= 4 is 33.1 Å². The Morgan fingerprint density at radius 2 is 2.14 bits per heavy atom. The SMILES string of the molecule is CCn1nc(C(=O)Nc2ccc3sc(C)nc3c2)ccc1=O. The minimum Gasteiger partial charge on any atom is -0.321 e. The lowest BCUT2D eigenvalue weighted by Gasteiger charge is -2.06. The maximum absolute atomic E-state index is 12.2. The van der Waals surface area contributed by atoms with Crippen LogP contribution < -0.4 is 10.9 Å². The van der Waals surface area contributed by atoms with Crippen molar-refractivity contribution in [3.05, 3.63) is 51.4 Å². The maximum Gasteiger partial charge on any atom is 0.276 e. The molecule has 0 aliphatic rings. The first-order valence-electron chi connectivity index (χ1n) is 6.83. The van der Waals surface area contributed by atoms with E-state index in [9.17, 15) is 9.59 Å². The molecule has 0 spiro atoms. The Kier molecular flexibility index (Phi) is 3.72. The van der Waals surface area contributed by atoms with Crippen LogP contribution in [-0.2, 0) is 6.54 Å². The van der Waals surface area contributed by atoms with Gasteiger partial charge in [0.05, 0.1) is 15.2 Å². The number of aryl methyl sites for hydroxylation is 2. The van der Waals surface area contributed by atoms with Crippen LogP contribution in [0.1, 0.15) is 22.4 Å². The first-order valence-corrected chi connectivity index (χ1v) is 7.65. The molecular weight excluding hydrogens is 300 g/mol. The summed E-state index contributed by atoms with van der Waals surface area (Å²) in [6.45, 7) is 4.17. The first kappa shape index (κ1) is 14.4. The van der Waals surface area contributed by atoms with Crippen molar-refractivity contribution in [2.45, 2.75) is 20.4 Å². The number of nitrogens with zero attached hydrogens (tertiary/aromatic N) is 3. The third kappa shape index (κ3) is 2.75. The standard InChI is InChI=1S/C15H14N4O2S/c1-3-19-14(20)7-5-11(18-19)15(21)17-10-4-6-13-12(8-10)16-9(2)22-13/h4-8H,3H2,1-2H3,(H,17,21). The lowest BCUT2D eigenvalue weighted by atomic mass is 10.3. The number of fused-ring (bicyclic) bond motifs is 1. The van der Waals surface area contributed by atoms with Crippen LogP contribution in [0.2, 0.25) is 0 Å². The number of carbonyl (C=O) groups excluding carboxylic acids is 1. The Morgan fingerprint density at radius 3 is 2.91 bits per heavy atom. The van der Waals surface area contributed by atoms with Crippen LogP contribution >= 0.6 is 11.3 Å². The molecule has 3 rings (SSSR count). The zero-order chi connectivity index (χ0) is 15.7. The van der Waals surface area contributed by atoms with Gasteiger partial charge < -0.3 is 5.32 Å². The van der Waals surface area contributed by atoms with Gasteiger partial charge in [0.15, 0.2) is 0 Å². The molecule has 112 valence electrons. The van der Waals surface area contributed by atoms with Crippen LogP contribution in [0.15, 0.2) is 35.1 Å². The molecule has 7 heteroatoms. The highest BCUT2D eigenvalue weighted by Gasteiger charge is 2.10. The van der Waals surface area contributed by atoms with E-state index in [1.165, 1.54) is 16.8 Å². The molecule has 0 saturated carbocycles. The Labute approximate surface area is 130 Å². The second-order valence-electron chi connectivity index (χ2n) is 4.74. The van der Waals surface area contributed by atoms with Gasteiger partial charge in [-0.1, -0.05) is 0 Å². The molecule has 22 heavy (non-hydrogen) atoms. The van der Waals surface area contributed by atoms with E-state index in [1.807, 2.05) is 25.1 Å². The molecule has 1 aromatic carbocycles. The van der Waals surface area contributed by atoms with Crippen LogP contribution in [0.4, 0.5) is 5.69 Å². The number of carbonyl (C=O) groups is 1. The smallest absolute Gasteiger partial charge is 0.276 e. The Morgan fingerprint density at radius 1 is 1.32 bits per heavy atom. The van der Waals surface area contributed by atoms with Crippen LogP contribution in [0.5, 0.6) is 0 Å². The third-order valence-corrected chi connectivity index (χ3v) is 4.10. The highest BCUT2D eigenvalue weighted by atomic mass is 32.1. The predicted octanol–water partition coefficient (Wildman–Crippen LogP) is 2.43. The number of thiazole rings is 1. The number of rotatable bonds is 3. The van der Waals surface area contributed by atoms with Crippen molar-refractivity contribution in [2.75, 3.05) is 5.32 Å². The topological polar surface area (TPSA) is 76.9 Å². The molecule has 0 fully saturated rings. The average Bonchev–Trinajstić information content (AvgIpc) is 2.87. The third-order valence-electron chi connectivity index (χ3n) is 3.15. The lowest BCUT2D eigenvalue weighted by molar-refractivity contribution is 0.102. The van der Waals surface area contributed by atoms with E-state index in [1.54, 1.807) is 18.3 Å². The van der Waals surface area contributed by atoms with E-state index in [-0.39, 0.29) is 17.2 Å². The minimum atomic E-state index is -0.353. The molecule has 0 saturated heterocycles. The van der Waals surface area contributed by atoms with E-state index < -0.39 is 0 Å². The number of amides is 1. The van der Waals surface area contributed by atoms with Gasteiger partial charge in [0.25, 0.3) is 11.5 Å². The van der Waals surface area contributed by atoms with Gasteiger partial charge in [0.1, 0.15) is 5.69 Å². The van der Waals surface area contributed by atoms with Gasteiger partial charge in [-0.3, -0.25) is 9.59 Å². The summed E-state index contributed by atoms with van der Waals surface area (Å²) in [5, 5.41) is 7.79. The monoisotopic (exact) mass is 314 g/mol. The molecule has 1 amide bonds. The number of hydrogen-bond acceptors (Lipinski definition) is 5. The quantitative estimate of drug-likeness (QED) is 0.805. The fourth-order valence-electron chi connectivity index (χ4n) is 2.11. The summed E-state index contributed by atoms with van der Waals surface area (Å²) in [6.07, 6.45) is 0. The molecule has 0 unspecified atom stereocenters. The number of nitrogens with one attached hydrogen (secondary N) is 1. The molecule has 1 N–H and O–H groups in total. The zero-order valence-electron chi connectivity index (χ0n) is 12.2. The van der Waals surface area contributed by atoms with Crippen molar-refractivity contribution in [3.8, 4) is 0 Å². The predicted molar refractivity (Wildman–Crippen MR) is 86.5 cm³/mol. The molecular formula is C15H14N4O2S. The highest BCUT2D eigenvalue weighted by Crippen LogP contribution is 2.24. The average molecular weight is 314 g/mol. The van der Waals surface area contributed by atoms with Crippen LogP contribution in [0.3, 0.4) is 0 Å². The Bertz CT molecular complexity index is 913. The van der Waals surface area contributed by atoms with E-state index in [0.717, 1.165) is 15.2 Å². The summed E-state index contributed by atoms with van der Waals surface area (Å²) in [6, 6.07) is 8.35. The summed E-state index contributed by atoms with van der Waals surface area (Å²) in [5.74, 6) is -0.353. The summed E-state index contributed by atoms with van der Waals surface area (Å²) < 4.78 is 2.33. The second kappa shape index (κ2) is 5.69. The summed E-state index contributed by atoms with van der Waals surface area (Å²) in [7, 11) is 0. The fourth-order valence-corrected chi connectivity index (χ4v) is 2.92. The van der Waals surface area contributed by atoms with Gasteiger partial charge in [-0.05, 0) is 38.1 Å². The summed E-state index contributed by atoms with van der Waals surface area (Å²) in [5.41, 5.74) is 1.49. The molecule has 6 nitrogen and oxygen atoms in total. The Balaban J connectivity index is 1.87. The molecule has 2 aromatic heterocycles. The molecule has 0 aliphatic carbocycles. The fraction of sp³-hybridized carbons (Fsp3) is 0.200. The van der Waals surface area contributed by atoms with E-state index in [0.29, 0.717) is 12.2 Å². The second-order valence-corrected chi connectivity index (χ2v) is 5.98. The van der Waals surface area contributed by atoms with Gasteiger partial charge in [-0.25, -0.2) is 9.67 Å². The normalized spacial score (nSPS) is 10.8. The molecule has 0 aliphatic heterocycles. The van der Waals surface area contributed by atoms with Gasteiger partial charge >= 0.3 is 0 Å².